The van der Waals surface area contributed by atoms with Crippen molar-refractivity contribution in [2.45, 2.75) is 20.8 Å². The Balaban J connectivity index is 3.63. The number of aliphatic imine (C=N–C) groups is 1. The van der Waals surface area contributed by atoms with E-state index in [0.29, 0.717) is 19.1 Å². The fourth-order valence-electron chi connectivity index (χ4n) is 0.637. The van der Waals surface area contributed by atoms with Crippen molar-refractivity contribution in [3.63, 3.8) is 0 Å². The minimum Gasteiger partial charge on any atom is -0.481 e. The Morgan fingerprint density at radius 1 is 1.25 bits per heavy atom. The van der Waals surface area contributed by atoms with Gasteiger partial charge in [0.1, 0.15) is 6.54 Å². The fraction of sp³-hybridized carbons (Fsp3) is 0.750. The highest BCUT2D eigenvalue weighted by atomic mass is 16.5. The first-order chi connectivity index (χ1) is 5.70. The van der Waals surface area contributed by atoms with Crippen molar-refractivity contribution in [3.05, 3.63) is 0 Å². The van der Waals surface area contributed by atoms with Crippen LogP contribution in [0.4, 0.5) is 0 Å². The molecule has 4 heteroatoms. The Morgan fingerprint density at radius 3 is 2.33 bits per heavy atom. The number of rotatable bonds is 4. The second kappa shape index (κ2) is 6.64. The summed E-state index contributed by atoms with van der Waals surface area (Å²) < 4.78 is 9.68. The standard InChI is InChI=1S/C8H15NO3/c1-4-11-7(3)9-6-8(10)12-5-2/h4-6H2,1-3H3. The largest absolute Gasteiger partial charge is 0.481 e. The van der Waals surface area contributed by atoms with Gasteiger partial charge in [0.15, 0.2) is 5.90 Å². The molecule has 0 bridgehead atoms. The number of hydrogen-bond acceptors (Lipinski definition) is 4. The van der Waals surface area contributed by atoms with Crippen molar-refractivity contribution < 1.29 is 14.3 Å². The Bertz CT molecular complexity index is 166. The van der Waals surface area contributed by atoms with Crippen LogP contribution >= 0.6 is 0 Å². The van der Waals surface area contributed by atoms with Crippen LogP contribution in [-0.2, 0) is 14.3 Å². The zero-order valence-corrected chi connectivity index (χ0v) is 7.79. The molecule has 0 aromatic heterocycles. The SMILES string of the molecule is CCOC(=O)CN=C(C)OCC. The average molecular weight is 173 g/mol. The molecule has 0 atom stereocenters. The van der Waals surface area contributed by atoms with E-state index in [1.165, 1.54) is 0 Å². The Hall–Kier alpha value is -1.06. The summed E-state index contributed by atoms with van der Waals surface area (Å²) in [4.78, 5) is 14.6. The van der Waals surface area contributed by atoms with Crippen molar-refractivity contribution in [2.24, 2.45) is 4.99 Å². The number of carbonyl (C=O) groups is 1. The van der Waals surface area contributed by atoms with Crippen LogP contribution in [0.15, 0.2) is 4.99 Å². The summed E-state index contributed by atoms with van der Waals surface area (Å²) in [5, 5.41) is 0. The maximum absolute atomic E-state index is 10.8. The van der Waals surface area contributed by atoms with E-state index in [0.717, 1.165) is 0 Å². The first-order valence-electron chi connectivity index (χ1n) is 4.00. The highest BCUT2D eigenvalue weighted by Gasteiger charge is 1.98. The molecule has 0 aromatic carbocycles. The van der Waals surface area contributed by atoms with Gasteiger partial charge in [0.2, 0.25) is 0 Å². The normalized spacial score (nSPS) is 11.1. The van der Waals surface area contributed by atoms with Crippen LogP contribution in [0.1, 0.15) is 20.8 Å². The van der Waals surface area contributed by atoms with Gasteiger partial charge in [-0.2, -0.15) is 0 Å². The second-order valence-corrected chi connectivity index (χ2v) is 2.07. The Kier molecular flexibility index (Phi) is 6.05. The van der Waals surface area contributed by atoms with Gasteiger partial charge < -0.3 is 9.47 Å². The molecule has 70 valence electrons. The summed E-state index contributed by atoms with van der Waals surface area (Å²) in [5.74, 6) is 0.196. The van der Waals surface area contributed by atoms with Crippen molar-refractivity contribution >= 4 is 11.9 Å². The zero-order valence-electron chi connectivity index (χ0n) is 7.79. The Labute approximate surface area is 72.6 Å². The molecule has 0 spiro atoms. The van der Waals surface area contributed by atoms with E-state index in [4.69, 9.17) is 4.74 Å². The third-order valence-corrected chi connectivity index (χ3v) is 1.09. The third-order valence-electron chi connectivity index (χ3n) is 1.09. The predicted molar refractivity (Wildman–Crippen MR) is 46.2 cm³/mol. The molecule has 4 nitrogen and oxygen atoms in total. The first-order valence-corrected chi connectivity index (χ1v) is 4.00. The molecule has 12 heavy (non-hydrogen) atoms. The number of nitrogens with zero attached hydrogens (tertiary/aromatic N) is 1. The van der Waals surface area contributed by atoms with Crippen molar-refractivity contribution in [1.82, 2.24) is 0 Å². The quantitative estimate of drug-likeness (QED) is 0.362. The number of ether oxygens (including phenoxy) is 2. The molecule has 0 aliphatic rings. The minimum atomic E-state index is -0.323. The summed E-state index contributed by atoms with van der Waals surface area (Å²) in [6.07, 6.45) is 0. The lowest BCUT2D eigenvalue weighted by Crippen LogP contribution is -2.10. The van der Waals surface area contributed by atoms with Crippen LogP contribution in [0.5, 0.6) is 0 Å². The number of hydrogen-bond donors (Lipinski definition) is 0. The van der Waals surface area contributed by atoms with Gasteiger partial charge in [-0.25, -0.2) is 4.99 Å². The van der Waals surface area contributed by atoms with Gasteiger partial charge in [0.05, 0.1) is 13.2 Å². The highest BCUT2D eigenvalue weighted by Crippen LogP contribution is 1.84. The van der Waals surface area contributed by atoms with E-state index in [9.17, 15) is 4.79 Å². The molecule has 0 saturated heterocycles. The monoisotopic (exact) mass is 173 g/mol. The van der Waals surface area contributed by atoms with Crippen LogP contribution in [0, 0.1) is 0 Å². The Morgan fingerprint density at radius 2 is 1.83 bits per heavy atom. The molecule has 0 fully saturated rings. The van der Waals surface area contributed by atoms with Gasteiger partial charge in [-0.1, -0.05) is 0 Å². The predicted octanol–water partition coefficient (Wildman–Crippen LogP) is 1.00. The first kappa shape index (κ1) is 10.9. The van der Waals surface area contributed by atoms with Gasteiger partial charge >= 0.3 is 5.97 Å². The van der Waals surface area contributed by atoms with Gasteiger partial charge in [0.25, 0.3) is 0 Å². The van der Waals surface area contributed by atoms with Crippen LogP contribution < -0.4 is 0 Å². The van der Waals surface area contributed by atoms with Crippen molar-refractivity contribution in [2.75, 3.05) is 19.8 Å². The molecule has 0 saturated carbocycles. The van der Waals surface area contributed by atoms with Crippen LogP contribution in [0.2, 0.25) is 0 Å². The molecular formula is C8H15NO3. The van der Waals surface area contributed by atoms with Crippen LogP contribution in [-0.4, -0.2) is 31.6 Å². The van der Waals surface area contributed by atoms with Gasteiger partial charge in [-0.3, -0.25) is 4.79 Å². The molecule has 0 aromatic rings. The van der Waals surface area contributed by atoms with E-state index < -0.39 is 0 Å². The summed E-state index contributed by atoms with van der Waals surface area (Å²) in [5.41, 5.74) is 0. The van der Waals surface area contributed by atoms with E-state index in [-0.39, 0.29) is 12.5 Å². The summed E-state index contributed by atoms with van der Waals surface area (Å²) in [7, 11) is 0. The second-order valence-electron chi connectivity index (χ2n) is 2.07. The van der Waals surface area contributed by atoms with Gasteiger partial charge in [0, 0.05) is 6.92 Å². The summed E-state index contributed by atoms with van der Waals surface area (Å²) in [6, 6.07) is 0. The molecule has 0 unspecified atom stereocenters. The number of esters is 1. The highest BCUT2D eigenvalue weighted by molar-refractivity contribution is 5.78. The zero-order chi connectivity index (χ0) is 9.40. The smallest absolute Gasteiger partial charge is 0.327 e. The molecule has 0 rings (SSSR count). The lowest BCUT2D eigenvalue weighted by atomic mass is 10.6. The summed E-state index contributed by atoms with van der Waals surface area (Å²) >= 11 is 0. The minimum absolute atomic E-state index is 0.0413. The van der Waals surface area contributed by atoms with Crippen molar-refractivity contribution in [3.8, 4) is 0 Å². The van der Waals surface area contributed by atoms with E-state index in [1.54, 1.807) is 13.8 Å². The third kappa shape index (κ3) is 5.70. The van der Waals surface area contributed by atoms with Crippen LogP contribution in [0.25, 0.3) is 0 Å². The van der Waals surface area contributed by atoms with Gasteiger partial charge in [-0.15, -0.1) is 0 Å². The van der Waals surface area contributed by atoms with E-state index >= 15 is 0 Å². The molecule has 0 radical (unpaired) electrons. The molecular weight excluding hydrogens is 158 g/mol. The topological polar surface area (TPSA) is 47.9 Å². The van der Waals surface area contributed by atoms with E-state index in [2.05, 4.69) is 9.73 Å². The molecule has 0 aliphatic carbocycles. The average Bonchev–Trinajstić information content (AvgIpc) is 2.02. The molecule has 0 aliphatic heterocycles. The van der Waals surface area contributed by atoms with Crippen molar-refractivity contribution in [1.29, 1.82) is 0 Å². The maximum atomic E-state index is 10.8. The molecule has 0 heterocycles. The van der Waals surface area contributed by atoms with Crippen LogP contribution in [0.3, 0.4) is 0 Å². The fourth-order valence-corrected chi connectivity index (χ4v) is 0.637. The lowest BCUT2D eigenvalue weighted by molar-refractivity contribution is -0.141. The van der Waals surface area contributed by atoms with E-state index in [1.807, 2.05) is 6.92 Å². The lowest BCUT2D eigenvalue weighted by Gasteiger charge is -2.01. The molecule has 0 amide bonds. The molecule has 0 N–H and O–H groups in total. The summed E-state index contributed by atoms with van der Waals surface area (Å²) in [6.45, 7) is 6.34. The maximum Gasteiger partial charge on any atom is 0.327 e. The number of carbonyl (C=O) groups excluding carboxylic acids is 1. The van der Waals surface area contributed by atoms with Gasteiger partial charge in [-0.05, 0) is 13.8 Å².